The van der Waals surface area contributed by atoms with Crippen LogP contribution >= 0.6 is 0 Å². The SMILES string of the molecule is CC(C)c1cc(N2CC(CS(C)(=O)=O)C2)cc2cnc(Nc3ccnc(N4CC[C@@H](O)[C@@](C)(F)C4)n3)cc12. The van der Waals surface area contributed by atoms with E-state index in [1.807, 2.05) is 12.3 Å². The minimum atomic E-state index is -2.98. The van der Waals surface area contributed by atoms with Crippen molar-refractivity contribution >= 4 is 43.9 Å². The first-order valence-corrected chi connectivity index (χ1v) is 15.0. The summed E-state index contributed by atoms with van der Waals surface area (Å²) in [7, 11) is -2.98. The molecule has 11 heteroatoms. The monoisotopic (exact) mass is 542 g/mol. The summed E-state index contributed by atoms with van der Waals surface area (Å²) in [5.74, 6) is 2.26. The van der Waals surface area contributed by atoms with Crippen LogP contribution < -0.4 is 15.1 Å². The molecule has 0 unspecified atom stereocenters. The van der Waals surface area contributed by atoms with Crippen molar-refractivity contribution < 1.29 is 17.9 Å². The number of fused-ring (bicyclic) bond motifs is 1. The number of aliphatic hydroxyl groups excluding tert-OH is 1. The molecule has 2 fully saturated rings. The number of pyridine rings is 1. The molecule has 2 saturated heterocycles. The number of nitrogens with zero attached hydrogens (tertiary/aromatic N) is 5. The molecule has 38 heavy (non-hydrogen) atoms. The minimum absolute atomic E-state index is 0.0257. The number of rotatable bonds is 7. The molecular weight excluding hydrogens is 507 g/mol. The zero-order valence-corrected chi connectivity index (χ0v) is 23.0. The Morgan fingerprint density at radius 3 is 2.63 bits per heavy atom. The fourth-order valence-electron chi connectivity index (χ4n) is 5.32. The van der Waals surface area contributed by atoms with Gasteiger partial charge in [0.25, 0.3) is 0 Å². The summed E-state index contributed by atoms with van der Waals surface area (Å²) in [4.78, 5) is 17.5. The highest BCUT2D eigenvalue weighted by molar-refractivity contribution is 7.90. The summed E-state index contributed by atoms with van der Waals surface area (Å²) in [5, 5.41) is 15.3. The number of halogens is 1. The van der Waals surface area contributed by atoms with Crippen molar-refractivity contribution in [1.82, 2.24) is 15.0 Å². The second-order valence-corrected chi connectivity index (χ2v) is 13.4. The molecule has 1 aromatic carbocycles. The van der Waals surface area contributed by atoms with Crippen molar-refractivity contribution in [3.63, 3.8) is 0 Å². The largest absolute Gasteiger partial charge is 0.390 e. The van der Waals surface area contributed by atoms with Gasteiger partial charge in [0.2, 0.25) is 5.95 Å². The molecule has 2 aliphatic heterocycles. The van der Waals surface area contributed by atoms with Crippen molar-refractivity contribution in [3.8, 4) is 0 Å². The number of aliphatic hydroxyl groups is 1. The molecule has 2 aliphatic rings. The van der Waals surface area contributed by atoms with Crippen LogP contribution in [0, 0.1) is 5.92 Å². The van der Waals surface area contributed by atoms with Gasteiger partial charge in [0.15, 0.2) is 5.67 Å². The van der Waals surface area contributed by atoms with E-state index in [-0.39, 0.29) is 24.1 Å². The van der Waals surface area contributed by atoms with E-state index in [2.05, 4.69) is 51.1 Å². The zero-order valence-electron chi connectivity index (χ0n) is 22.2. The van der Waals surface area contributed by atoms with Crippen molar-refractivity contribution in [2.24, 2.45) is 5.92 Å². The predicted octanol–water partition coefficient (Wildman–Crippen LogP) is 3.67. The topological polar surface area (TPSA) is 112 Å². The normalized spacial score (nSPS) is 22.7. The Balaban J connectivity index is 1.36. The van der Waals surface area contributed by atoms with Gasteiger partial charge in [-0.2, -0.15) is 4.98 Å². The quantitative estimate of drug-likeness (QED) is 0.462. The Morgan fingerprint density at radius 2 is 1.95 bits per heavy atom. The summed E-state index contributed by atoms with van der Waals surface area (Å²) in [6.45, 7) is 7.67. The van der Waals surface area contributed by atoms with Crippen molar-refractivity contribution in [2.75, 3.05) is 53.3 Å². The molecular formula is C27H35FN6O3S. The lowest BCUT2D eigenvalue weighted by Gasteiger charge is -2.41. The highest BCUT2D eigenvalue weighted by Crippen LogP contribution is 2.35. The van der Waals surface area contributed by atoms with Crippen LogP contribution in [-0.4, -0.2) is 78.4 Å². The Hall–Kier alpha value is -3.05. The number of sulfone groups is 1. The number of hydrogen-bond acceptors (Lipinski definition) is 9. The van der Waals surface area contributed by atoms with E-state index in [1.165, 1.54) is 18.7 Å². The molecule has 2 aromatic heterocycles. The summed E-state index contributed by atoms with van der Waals surface area (Å²) in [5.41, 5.74) is 0.550. The third kappa shape index (κ3) is 5.68. The van der Waals surface area contributed by atoms with Crippen molar-refractivity contribution in [1.29, 1.82) is 0 Å². The molecule has 0 aliphatic carbocycles. The second kappa shape index (κ2) is 9.92. The van der Waals surface area contributed by atoms with E-state index >= 15 is 0 Å². The van der Waals surface area contributed by atoms with Gasteiger partial charge in [-0.05, 0) is 54.5 Å². The van der Waals surface area contributed by atoms with E-state index in [1.54, 1.807) is 17.2 Å². The summed E-state index contributed by atoms with van der Waals surface area (Å²) in [6, 6.07) is 8.05. The maximum atomic E-state index is 14.7. The molecule has 0 amide bonds. The second-order valence-electron chi connectivity index (χ2n) is 11.2. The molecule has 2 atom stereocenters. The smallest absolute Gasteiger partial charge is 0.227 e. The fourth-order valence-corrected chi connectivity index (χ4v) is 6.39. The maximum Gasteiger partial charge on any atom is 0.227 e. The van der Waals surface area contributed by atoms with Gasteiger partial charge in [-0.25, -0.2) is 22.8 Å². The zero-order chi connectivity index (χ0) is 27.2. The number of hydrogen-bond donors (Lipinski definition) is 2. The molecule has 0 bridgehead atoms. The van der Waals surface area contributed by atoms with Crippen molar-refractivity contribution in [2.45, 2.75) is 44.9 Å². The lowest BCUT2D eigenvalue weighted by atomic mass is 9.94. The van der Waals surface area contributed by atoms with E-state index in [0.29, 0.717) is 30.5 Å². The van der Waals surface area contributed by atoms with Crippen LogP contribution in [0.15, 0.2) is 36.7 Å². The molecule has 3 aromatic rings. The van der Waals surface area contributed by atoms with Crippen LogP contribution in [0.1, 0.15) is 38.7 Å². The van der Waals surface area contributed by atoms with Crippen LogP contribution in [0.2, 0.25) is 0 Å². The Morgan fingerprint density at radius 1 is 1.18 bits per heavy atom. The predicted molar refractivity (Wildman–Crippen MR) is 149 cm³/mol. The van der Waals surface area contributed by atoms with Crippen LogP contribution in [0.5, 0.6) is 0 Å². The summed E-state index contributed by atoms with van der Waals surface area (Å²) >= 11 is 0. The molecule has 5 rings (SSSR count). The maximum absolute atomic E-state index is 14.7. The number of nitrogens with one attached hydrogen (secondary N) is 1. The van der Waals surface area contributed by atoms with E-state index in [0.717, 1.165) is 29.5 Å². The number of alkyl halides is 1. The highest BCUT2D eigenvalue weighted by Gasteiger charge is 2.39. The highest BCUT2D eigenvalue weighted by atomic mass is 32.2. The first kappa shape index (κ1) is 26.6. The van der Waals surface area contributed by atoms with Gasteiger partial charge in [-0.15, -0.1) is 0 Å². The third-order valence-corrected chi connectivity index (χ3v) is 8.46. The summed E-state index contributed by atoms with van der Waals surface area (Å²) in [6.07, 6.45) is 4.08. The number of piperidine rings is 1. The first-order valence-electron chi connectivity index (χ1n) is 13.0. The molecule has 204 valence electrons. The molecule has 0 saturated carbocycles. The average Bonchev–Trinajstić information content (AvgIpc) is 2.81. The van der Waals surface area contributed by atoms with E-state index in [4.69, 9.17) is 0 Å². The van der Waals surface area contributed by atoms with Gasteiger partial charge in [-0.1, -0.05) is 13.8 Å². The van der Waals surface area contributed by atoms with Gasteiger partial charge in [-0.3, -0.25) is 0 Å². The van der Waals surface area contributed by atoms with Gasteiger partial charge in [0, 0.05) is 55.3 Å². The molecule has 0 radical (unpaired) electrons. The third-order valence-electron chi connectivity index (χ3n) is 7.38. The molecule has 4 heterocycles. The summed E-state index contributed by atoms with van der Waals surface area (Å²) < 4.78 is 37.9. The number of benzene rings is 1. The van der Waals surface area contributed by atoms with Gasteiger partial charge in [0.05, 0.1) is 18.4 Å². The lowest BCUT2D eigenvalue weighted by molar-refractivity contribution is -0.00860. The molecule has 2 N–H and O–H groups in total. The van der Waals surface area contributed by atoms with Crippen LogP contribution in [0.4, 0.5) is 27.7 Å². The van der Waals surface area contributed by atoms with Crippen LogP contribution in [0.25, 0.3) is 10.8 Å². The van der Waals surface area contributed by atoms with E-state index in [9.17, 15) is 17.9 Å². The number of aromatic nitrogens is 3. The Labute approximate surface area is 223 Å². The Kier molecular flexibility index (Phi) is 6.93. The molecule has 0 spiro atoms. The van der Waals surface area contributed by atoms with Crippen molar-refractivity contribution in [3.05, 3.63) is 42.2 Å². The number of anilines is 4. The van der Waals surface area contributed by atoms with Gasteiger partial charge < -0.3 is 20.2 Å². The first-order chi connectivity index (χ1) is 17.9. The average molecular weight is 543 g/mol. The van der Waals surface area contributed by atoms with Gasteiger partial charge >= 0.3 is 0 Å². The van der Waals surface area contributed by atoms with Crippen LogP contribution in [0.3, 0.4) is 0 Å². The van der Waals surface area contributed by atoms with Crippen LogP contribution in [-0.2, 0) is 9.84 Å². The standard InChI is InChI=1S/C27H35FN6O3S/c1-17(2)21-10-20(34-13-18(14-34)15-38(4,36)37)9-19-12-30-25(11-22(19)21)31-24-5-7-29-26(32-24)33-8-6-23(35)27(3,28)16-33/h5,7,9-12,17-18,23,35H,6,8,13-16H2,1-4H3,(H,29,30,31,32)/t23-,27+/m1/s1. The van der Waals surface area contributed by atoms with E-state index < -0.39 is 21.6 Å². The Bertz CT molecular complexity index is 1440. The van der Waals surface area contributed by atoms with Gasteiger partial charge in [0.1, 0.15) is 21.5 Å². The molecule has 9 nitrogen and oxygen atoms in total. The fraction of sp³-hybridized carbons (Fsp3) is 0.519. The minimum Gasteiger partial charge on any atom is -0.390 e. The lowest BCUT2D eigenvalue weighted by Crippen LogP contribution is -2.52.